The fourth-order valence-electron chi connectivity index (χ4n) is 3.70. The average Bonchev–Trinajstić information content (AvgIpc) is 3.51. The minimum Gasteiger partial charge on any atom is -0.497 e. The Kier molecular flexibility index (Phi) is 5.72. The highest BCUT2D eigenvalue weighted by atomic mass is 35.5. The maximum absolute atomic E-state index is 13.4. The van der Waals surface area contributed by atoms with E-state index in [1.54, 1.807) is 42.0 Å². The number of nitrogens with zero attached hydrogens (tertiary/aromatic N) is 3. The van der Waals surface area contributed by atoms with Gasteiger partial charge in [0.25, 0.3) is 5.91 Å². The smallest absolute Gasteiger partial charge is 0.262 e. The van der Waals surface area contributed by atoms with Crippen LogP contribution in [0.5, 0.6) is 5.75 Å². The van der Waals surface area contributed by atoms with Gasteiger partial charge >= 0.3 is 0 Å². The third-order valence-corrected chi connectivity index (χ3v) is 5.76. The Hall–Kier alpha value is -3.63. The van der Waals surface area contributed by atoms with Crippen molar-refractivity contribution in [2.24, 2.45) is 10.2 Å². The number of amides is 1. The molecule has 0 saturated carbocycles. The maximum atomic E-state index is 13.4. The van der Waals surface area contributed by atoms with Gasteiger partial charge in [-0.05, 0) is 48.9 Å². The van der Waals surface area contributed by atoms with E-state index in [2.05, 4.69) is 21.5 Å². The molecular formula is C24H21ClN4O3. The summed E-state index contributed by atoms with van der Waals surface area (Å²) in [6, 6.07) is 12.2. The lowest BCUT2D eigenvalue weighted by atomic mass is 10.1. The summed E-state index contributed by atoms with van der Waals surface area (Å²) in [4.78, 5) is 26.1. The van der Waals surface area contributed by atoms with Crippen LogP contribution in [0.25, 0.3) is 10.9 Å². The van der Waals surface area contributed by atoms with E-state index in [0.717, 1.165) is 10.9 Å². The number of methoxy groups -OCH3 is 1. The minimum atomic E-state index is -0.689. The Morgan fingerprint density at radius 2 is 1.94 bits per heavy atom. The number of carbonyl (C=O) groups excluding carboxylic acids is 2. The van der Waals surface area contributed by atoms with Crippen LogP contribution in [0.1, 0.15) is 28.0 Å². The molecule has 8 heteroatoms. The number of benzene rings is 2. The topological polar surface area (TPSA) is 85.0 Å². The summed E-state index contributed by atoms with van der Waals surface area (Å²) in [5.41, 5.74) is 1.91. The van der Waals surface area contributed by atoms with Crippen LogP contribution in [0.4, 0.5) is 0 Å². The number of halogens is 1. The molecule has 3 aromatic rings. The summed E-state index contributed by atoms with van der Waals surface area (Å²) >= 11 is 5.97. The van der Waals surface area contributed by atoms with Gasteiger partial charge in [0, 0.05) is 27.7 Å². The monoisotopic (exact) mass is 448 g/mol. The Labute approximate surface area is 190 Å². The predicted octanol–water partition coefficient (Wildman–Crippen LogP) is 4.14. The highest BCUT2D eigenvalue weighted by Gasteiger charge is 2.39. The molecule has 1 aromatic heterocycles. The van der Waals surface area contributed by atoms with Gasteiger partial charge in [0.15, 0.2) is 0 Å². The standard InChI is InChI=1S/C24H21ClN4O3/c1-4-11-24(27-28-24)14-26-22(30)13-20-15(2)29(21-12-18(32-3)9-10-19(20)21)23(31)16-5-7-17(25)8-6-16/h1,5-10,12H,11,13-14H2,2-3H3,(H,26,30). The third-order valence-electron chi connectivity index (χ3n) is 5.51. The molecule has 32 heavy (non-hydrogen) atoms. The van der Waals surface area contributed by atoms with Crippen LogP contribution in [0.3, 0.4) is 0 Å². The molecule has 0 spiro atoms. The third kappa shape index (κ3) is 4.10. The van der Waals surface area contributed by atoms with E-state index in [4.69, 9.17) is 22.8 Å². The molecular weight excluding hydrogens is 428 g/mol. The van der Waals surface area contributed by atoms with E-state index < -0.39 is 5.66 Å². The van der Waals surface area contributed by atoms with Gasteiger partial charge in [-0.15, -0.1) is 12.3 Å². The van der Waals surface area contributed by atoms with Gasteiger partial charge in [-0.3, -0.25) is 14.2 Å². The molecule has 1 aliphatic heterocycles. The number of hydrogen-bond donors (Lipinski definition) is 1. The van der Waals surface area contributed by atoms with Crippen molar-refractivity contribution in [2.75, 3.05) is 13.7 Å². The Bertz CT molecular complexity index is 1280. The number of hydrogen-bond acceptors (Lipinski definition) is 5. The molecule has 2 aromatic carbocycles. The largest absolute Gasteiger partial charge is 0.497 e. The predicted molar refractivity (Wildman–Crippen MR) is 122 cm³/mol. The van der Waals surface area contributed by atoms with Gasteiger partial charge in [-0.2, -0.15) is 10.2 Å². The first-order valence-electron chi connectivity index (χ1n) is 10.00. The molecule has 2 heterocycles. The Morgan fingerprint density at radius 3 is 2.56 bits per heavy atom. The van der Waals surface area contributed by atoms with Crippen LogP contribution in [-0.2, 0) is 11.2 Å². The molecule has 0 bridgehead atoms. The first-order chi connectivity index (χ1) is 15.4. The summed E-state index contributed by atoms with van der Waals surface area (Å²) in [6.45, 7) is 2.08. The van der Waals surface area contributed by atoms with Gasteiger partial charge in [-0.1, -0.05) is 11.6 Å². The summed E-state index contributed by atoms with van der Waals surface area (Å²) in [5.74, 6) is 2.72. The summed E-state index contributed by atoms with van der Waals surface area (Å²) in [6.07, 6.45) is 5.79. The van der Waals surface area contributed by atoms with Gasteiger partial charge in [-0.25, -0.2) is 0 Å². The maximum Gasteiger partial charge on any atom is 0.262 e. The first kappa shape index (κ1) is 21.6. The lowest BCUT2D eigenvalue weighted by Crippen LogP contribution is -2.35. The second-order valence-corrected chi connectivity index (χ2v) is 8.05. The molecule has 1 amide bonds. The highest BCUT2D eigenvalue weighted by molar-refractivity contribution is 6.30. The van der Waals surface area contributed by atoms with Crippen LogP contribution in [0, 0.1) is 19.3 Å². The summed E-state index contributed by atoms with van der Waals surface area (Å²) < 4.78 is 6.96. The molecule has 0 saturated heterocycles. The summed E-state index contributed by atoms with van der Waals surface area (Å²) in [7, 11) is 1.57. The van der Waals surface area contributed by atoms with E-state index in [1.807, 2.05) is 19.1 Å². The van der Waals surface area contributed by atoms with E-state index in [0.29, 0.717) is 34.0 Å². The zero-order valence-corrected chi connectivity index (χ0v) is 18.4. The van der Waals surface area contributed by atoms with E-state index in [9.17, 15) is 9.59 Å². The number of rotatable bonds is 7. The molecule has 1 N–H and O–H groups in total. The average molecular weight is 449 g/mol. The number of terminal acetylenes is 1. The van der Waals surface area contributed by atoms with Crippen molar-refractivity contribution in [3.8, 4) is 18.1 Å². The molecule has 162 valence electrons. The number of aromatic nitrogens is 1. The normalized spacial score (nSPS) is 13.6. The quantitative estimate of drug-likeness (QED) is 0.551. The molecule has 0 atom stereocenters. The Morgan fingerprint density at radius 1 is 1.22 bits per heavy atom. The van der Waals surface area contributed by atoms with Crippen molar-refractivity contribution in [3.05, 3.63) is 64.3 Å². The van der Waals surface area contributed by atoms with Crippen molar-refractivity contribution in [1.82, 2.24) is 9.88 Å². The SMILES string of the molecule is C#CCC1(CNC(=O)Cc2c(C)n(C(=O)c3ccc(Cl)cc3)c3cc(OC)ccc23)N=N1. The first-order valence-corrected chi connectivity index (χ1v) is 10.4. The fraction of sp³-hybridized carbons (Fsp3) is 0.250. The van der Waals surface area contributed by atoms with Crippen molar-refractivity contribution in [3.63, 3.8) is 0 Å². The zero-order chi connectivity index (χ0) is 22.9. The molecule has 0 unspecified atom stereocenters. The molecule has 7 nitrogen and oxygen atoms in total. The van der Waals surface area contributed by atoms with Crippen molar-refractivity contribution in [2.45, 2.75) is 25.4 Å². The second-order valence-electron chi connectivity index (χ2n) is 7.61. The lowest BCUT2D eigenvalue weighted by Gasteiger charge is -2.10. The second kappa shape index (κ2) is 8.48. The lowest BCUT2D eigenvalue weighted by molar-refractivity contribution is -0.120. The Balaban J connectivity index is 1.68. The van der Waals surface area contributed by atoms with E-state index in [1.165, 1.54) is 0 Å². The van der Waals surface area contributed by atoms with Gasteiger partial charge in [0.1, 0.15) is 5.75 Å². The molecule has 0 aliphatic carbocycles. The van der Waals surface area contributed by atoms with Gasteiger partial charge < -0.3 is 10.1 Å². The molecule has 0 fully saturated rings. The molecule has 1 aliphatic rings. The number of ether oxygens (including phenoxy) is 1. The number of fused-ring (bicyclic) bond motifs is 1. The van der Waals surface area contributed by atoms with Crippen molar-refractivity contribution >= 4 is 34.3 Å². The van der Waals surface area contributed by atoms with Crippen molar-refractivity contribution in [1.29, 1.82) is 0 Å². The summed E-state index contributed by atoms with van der Waals surface area (Å²) in [5, 5.41) is 12.1. The fourth-order valence-corrected chi connectivity index (χ4v) is 3.82. The minimum absolute atomic E-state index is 0.0989. The van der Waals surface area contributed by atoms with Gasteiger partial charge in [0.2, 0.25) is 11.6 Å². The number of carbonyl (C=O) groups is 2. The van der Waals surface area contributed by atoms with E-state index >= 15 is 0 Å². The van der Waals surface area contributed by atoms with Crippen LogP contribution >= 0.6 is 11.6 Å². The van der Waals surface area contributed by atoms with Gasteiger partial charge in [0.05, 0.1) is 32.0 Å². The molecule has 0 radical (unpaired) electrons. The highest BCUT2D eigenvalue weighted by Crippen LogP contribution is 2.32. The zero-order valence-electron chi connectivity index (χ0n) is 17.7. The van der Waals surface area contributed by atoms with Crippen molar-refractivity contribution < 1.29 is 14.3 Å². The van der Waals surface area contributed by atoms with Crippen LogP contribution in [-0.4, -0.2) is 35.7 Å². The van der Waals surface area contributed by atoms with Crippen LogP contribution < -0.4 is 10.1 Å². The van der Waals surface area contributed by atoms with E-state index in [-0.39, 0.29) is 24.8 Å². The van der Waals surface area contributed by atoms with Crippen LogP contribution in [0.2, 0.25) is 5.02 Å². The van der Waals surface area contributed by atoms with Crippen LogP contribution in [0.15, 0.2) is 52.7 Å². The molecule has 4 rings (SSSR count). The number of nitrogens with one attached hydrogen (secondary N) is 1.